The summed E-state index contributed by atoms with van der Waals surface area (Å²) >= 11 is 0. The van der Waals surface area contributed by atoms with Crippen molar-refractivity contribution in [3.8, 4) is 11.4 Å². The van der Waals surface area contributed by atoms with Crippen LogP contribution >= 0.6 is 0 Å². The molecule has 8 nitrogen and oxygen atoms in total. The molecule has 0 aromatic carbocycles. The lowest BCUT2D eigenvalue weighted by molar-refractivity contribution is 0.0513. The lowest BCUT2D eigenvalue weighted by atomic mass is 10.2. The summed E-state index contributed by atoms with van der Waals surface area (Å²) in [6, 6.07) is 7.25. The predicted octanol–water partition coefficient (Wildman–Crippen LogP) is 2.72. The van der Waals surface area contributed by atoms with Gasteiger partial charge in [-0.3, -0.25) is 9.67 Å². The highest BCUT2D eigenvalue weighted by Gasteiger charge is 2.24. The molecule has 25 heavy (non-hydrogen) atoms. The number of aromatic nitrogens is 4. The fourth-order valence-electron chi connectivity index (χ4n) is 2.56. The highest BCUT2D eigenvalue weighted by molar-refractivity contribution is 5.89. The molecule has 0 N–H and O–H groups in total. The second-order valence-electron chi connectivity index (χ2n) is 5.44. The van der Waals surface area contributed by atoms with Crippen molar-refractivity contribution in [1.29, 1.82) is 0 Å². The third-order valence-electron chi connectivity index (χ3n) is 3.77. The van der Waals surface area contributed by atoms with Crippen LogP contribution in [0.4, 0.5) is 11.5 Å². The summed E-state index contributed by atoms with van der Waals surface area (Å²) in [5.74, 6) is 0.796. The lowest BCUT2D eigenvalue weighted by Crippen LogP contribution is -2.12. The molecule has 0 spiro atoms. The van der Waals surface area contributed by atoms with Gasteiger partial charge in [-0.2, -0.15) is 5.10 Å². The Morgan fingerprint density at radius 2 is 2.20 bits per heavy atom. The van der Waals surface area contributed by atoms with Crippen LogP contribution in [0.1, 0.15) is 23.2 Å². The van der Waals surface area contributed by atoms with Crippen LogP contribution in [0, 0.1) is 6.92 Å². The minimum absolute atomic E-state index is 0.309. The maximum Gasteiger partial charge on any atom is 0.356 e. The zero-order chi connectivity index (χ0) is 18.0. The smallest absolute Gasteiger partial charge is 0.356 e. The number of nitrogens with zero attached hydrogens (tertiary/aromatic N) is 5. The average molecular weight is 341 g/mol. The van der Waals surface area contributed by atoms with Crippen LogP contribution in [0.2, 0.25) is 0 Å². The first-order valence-electron chi connectivity index (χ1n) is 7.85. The predicted molar refractivity (Wildman–Crippen MR) is 91.7 cm³/mol. The molecular formula is C17H19N5O3. The second-order valence-corrected chi connectivity index (χ2v) is 5.44. The van der Waals surface area contributed by atoms with E-state index in [0.717, 1.165) is 5.69 Å². The molecule has 3 aromatic rings. The van der Waals surface area contributed by atoms with Gasteiger partial charge in [0.2, 0.25) is 0 Å². The number of rotatable bonds is 5. The van der Waals surface area contributed by atoms with Gasteiger partial charge >= 0.3 is 5.97 Å². The fourth-order valence-corrected chi connectivity index (χ4v) is 2.56. The zero-order valence-electron chi connectivity index (χ0n) is 14.6. The largest absolute Gasteiger partial charge is 0.461 e. The standard InChI is InChI=1S/C17H19N5O3/c1-5-24-17(23)13-10-14(19-22(13)4)21(3)16-11(2)25-20-15(16)12-8-6-7-9-18-12/h6-10H,5H2,1-4H3. The van der Waals surface area contributed by atoms with E-state index in [4.69, 9.17) is 9.26 Å². The van der Waals surface area contributed by atoms with Crippen molar-refractivity contribution in [3.05, 3.63) is 41.9 Å². The Morgan fingerprint density at radius 3 is 2.88 bits per heavy atom. The minimum atomic E-state index is -0.413. The molecule has 3 rings (SSSR count). The van der Waals surface area contributed by atoms with E-state index in [1.165, 1.54) is 4.68 Å². The van der Waals surface area contributed by atoms with Crippen molar-refractivity contribution in [1.82, 2.24) is 19.9 Å². The van der Waals surface area contributed by atoms with Crippen molar-refractivity contribution < 1.29 is 14.1 Å². The van der Waals surface area contributed by atoms with Crippen molar-refractivity contribution in [2.45, 2.75) is 13.8 Å². The Hall–Kier alpha value is -3.16. The highest BCUT2D eigenvalue weighted by Crippen LogP contribution is 2.35. The zero-order valence-corrected chi connectivity index (χ0v) is 14.6. The summed E-state index contributed by atoms with van der Waals surface area (Å²) in [6.45, 7) is 3.89. The maximum absolute atomic E-state index is 12.0. The third kappa shape index (κ3) is 3.10. The van der Waals surface area contributed by atoms with E-state index in [0.29, 0.717) is 35.3 Å². The monoisotopic (exact) mass is 341 g/mol. The van der Waals surface area contributed by atoms with Gasteiger partial charge in [-0.25, -0.2) is 4.79 Å². The van der Waals surface area contributed by atoms with Gasteiger partial charge in [0.05, 0.1) is 12.3 Å². The minimum Gasteiger partial charge on any atom is -0.461 e. The van der Waals surface area contributed by atoms with Crippen LogP contribution in [0.5, 0.6) is 0 Å². The maximum atomic E-state index is 12.0. The van der Waals surface area contributed by atoms with Crippen molar-refractivity contribution in [2.24, 2.45) is 7.05 Å². The van der Waals surface area contributed by atoms with Crippen LogP contribution < -0.4 is 4.90 Å². The summed E-state index contributed by atoms with van der Waals surface area (Å²) < 4.78 is 11.9. The van der Waals surface area contributed by atoms with E-state index >= 15 is 0 Å². The van der Waals surface area contributed by atoms with Gasteiger partial charge < -0.3 is 14.2 Å². The first-order chi connectivity index (χ1) is 12.0. The van der Waals surface area contributed by atoms with E-state index in [1.54, 1.807) is 26.2 Å². The molecule has 0 saturated heterocycles. The number of pyridine rings is 1. The van der Waals surface area contributed by atoms with Crippen LogP contribution in [-0.4, -0.2) is 39.5 Å². The summed E-state index contributed by atoms with van der Waals surface area (Å²) in [5, 5.41) is 8.52. The first kappa shape index (κ1) is 16.7. The molecule has 3 heterocycles. The van der Waals surface area contributed by atoms with E-state index in [-0.39, 0.29) is 0 Å². The number of hydrogen-bond donors (Lipinski definition) is 0. The van der Waals surface area contributed by atoms with Crippen LogP contribution in [0.15, 0.2) is 35.0 Å². The Morgan fingerprint density at radius 1 is 1.40 bits per heavy atom. The Kier molecular flexibility index (Phi) is 4.51. The van der Waals surface area contributed by atoms with Gasteiger partial charge in [-0.15, -0.1) is 0 Å². The molecule has 0 radical (unpaired) electrons. The number of carbonyl (C=O) groups excluding carboxylic acids is 1. The Bertz CT molecular complexity index is 885. The van der Waals surface area contributed by atoms with Crippen molar-refractivity contribution in [2.75, 3.05) is 18.6 Å². The molecule has 0 aliphatic carbocycles. The normalized spacial score (nSPS) is 10.7. The van der Waals surface area contributed by atoms with Gasteiger partial charge in [0.1, 0.15) is 11.4 Å². The molecule has 0 aliphatic rings. The van der Waals surface area contributed by atoms with Crippen LogP contribution in [0.3, 0.4) is 0 Å². The second kappa shape index (κ2) is 6.76. The van der Waals surface area contributed by atoms with Crippen molar-refractivity contribution in [3.63, 3.8) is 0 Å². The summed E-state index contributed by atoms with van der Waals surface area (Å²) in [7, 11) is 3.53. The molecule has 0 amide bonds. The number of ether oxygens (including phenoxy) is 1. The van der Waals surface area contributed by atoms with Crippen LogP contribution in [0.25, 0.3) is 11.4 Å². The number of hydrogen-bond acceptors (Lipinski definition) is 7. The van der Waals surface area contributed by atoms with E-state index in [2.05, 4.69) is 15.2 Å². The summed E-state index contributed by atoms with van der Waals surface area (Å²) in [6.07, 6.45) is 1.70. The molecular weight excluding hydrogens is 322 g/mol. The SMILES string of the molecule is CCOC(=O)c1cc(N(C)c2c(-c3ccccn3)noc2C)nn1C. The topological polar surface area (TPSA) is 86.3 Å². The highest BCUT2D eigenvalue weighted by atomic mass is 16.5. The van der Waals surface area contributed by atoms with Crippen molar-refractivity contribution >= 4 is 17.5 Å². The van der Waals surface area contributed by atoms with Gasteiger partial charge in [0, 0.05) is 26.4 Å². The fraction of sp³-hybridized carbons (Fsp3) is 0.294. The van der Waals surface area contributed by atoms with Crippen LogP contribution in [-0.2, 0) is 11.8 Å². The van der Waals surface area contributed by atoms with Gasteiger partial charge in [-0.05, 0) is 26.0 Å². The molecule has 0 aliphatic heterocycles. The molecule has 3 aromatic heterocycles. The molecule has 130 valence electrons. The van der Waals surface area contributed by atoms with Gasteiger partial charge in [0.15, 0.2) is 17.3 Å². The van der Waals surface area contributed by atoms with E-state index in [9.17, 15) is 4.79 Å². The molecule has 0 fully saturated rings. The summed E-state index contributed by atoms with van der Waals surface area (Å²) in [5.41, 5.74) is 2.43. The number of carbonyl (C=O) groups is 1. The summed E-state index contributed by atoms with van der Waals surface area (Å²) in [4.78, 5) is 18.1. The molecule has 0 unspecified atom stereocenters. The quantitative estimate of drug-likeness (QED) is 0.659. The average Bonchev–Trinajstić information content (AvgIpc) is 3.18. The lowest BCUT2D eigenvalue weighted by Gasteiger charge is -2.15. The Balaban J connectivity index is 2.00. The van der Waals surface area contributed by atoms with Gasteiger partial charge in [-0.1, -0.05) is 11.2 Å². The molecule has 0 atom stereocenters. The van der Waals surface area contributed by atoms with E-state index in [1.807, 2.05) is 37.1 Å². The van der Waals surface area contributed by atoms with E-state index < -0.39 is 5.97 Å². The number of aryl methyl sites for hydroxylation is 2. The number of anilines is 2. The van der Waals surface area contributed by atoms with Gasteiger partial charge in [0.25, 0.3) is 0 Å². The first-order valence-corrected chi connectivity index (χ1v) is 7.85. The molecule has 8 heteroatoms. The Labute approximate surface area is 145 Å². The molecule has 0 saturated carbocycles. The third-order valence-corrected chi connectivity index (χ3v) is 3.77. The number of esters is 1. The molecule has 0 bridgehead atoms.